The molecule has 1 aromatic rings. The lowest BCUT2D eigenvalue weighted by Gasteiger charge is -2.35. The van der Waals surface area contributed by atoms with Gasteiger partial charge in [-0.15, -0.1) is 0 Å². The van der Waals surface area contributed by atoms with Crippen LogP contribution in [0.1, 0.15) is 35.3 Å². The summed E-state index contributed by atoms with van der Waals surface area (Å²) in [6, 6.07) is 5.89. The monoisotopic (exact) mass is 274 g/mol. The number of carbonyl (C=O) groups excluding carboxylic acids is 1. The molecule has 1 aromatic carbocycles. The van der Waals surface area contributed by atoms with Crippen LogP contribution in [0.3, 0.4) is 0 Å². The lowest BCUT2D eigenvalue weighted by molar-refractivity contribution is 0.0713. The molecule has 1 aliphatic rings. The van der Waals surface area contributed by atoms with Gasteiger partial charge in [-0.2, -0.15) is 0 Å². The van der Waals surface area contributed by atoms with Crippen molar-refractivity contribution in [1.82, 2.24) is 9.80 Å². The molecule has 0 saturated carbocycles. The molecule has 0 radical (unpaired) electrons. The van der Waals surface area contributed by atoms with E-state index in [2.05, 4.69) is 18.4 Å². The quantitative estimate of drug-likeness (QED) is 0.785. The molecule has 2 rings (SSSR count). The van der Waals surface area contributed by atoms with Crippen LogP contribution in [-0.4, -0.2) is 42.4 Å². The highest BCUT2D eigenvalue weighted by Crippen LogP contribution is 2.15. The number of rotatable bonds is 1. The maximum Gasteiger partial charge on any atom is 0.254 e. The van der Waals surface area contributed by atoms with Gasteiger partial charge in [-0.3, -0.25) is 4.79 Å². The zero-order valence-electron chi connectivity index (χ0n) is 13.4. The molecule has 0 aromatic heterocycles. The van der Waals surface area contributed by atoms with E-state index in [0.717, 1.165) is 29.9 Å². The van der Waals surface area contributed by atoms with Gasteiger partial charge in [0.25, 0.3) is 5.91 Å². The Morgan fingerprint density at radius 1 is 1.15 bits per heavy atom. The van der Waals surface area contributed by atoms with Crippen molar-refractivity contribution in [2.24, 2.45) is 0 Å². The Balaban J connectivity index is 0.000000956. The number of piperazine rings is 1. The van der Waals surface area contributed by atoms with Crippen LogP contribution in [0, 0.1) is 13.8 Å². The fraction of sp³-hybridized carbons (Fsp3) is 0.471. The van der Waals surface area contributed by atoms with Gasteiger partial charge in [-0.1, -0.05) is 26.5 Å². The van der Waals surface area contributed by atoms with Crippen LogP contribution in [-0.2, 0) is 0 Å². The van der Waals surface area contributed by atoms with E-state index in [-0.39, 0.29) is 5.91 Å². The van der Waals surface area contributed by atoms with Crippen molar-refractivity contribution in [2.45, 2.75) is 27.7 Å². The van der Waals surface area contributed by atoms with Crippen LogP contribution in [0.25, 0.3) is 0 Å². The number of nitrogens with zero attached hydrogens (tertiary/aromatic N) is 2. The highest BCUT2D eigenvalue weighted by Gasteiger charge is 2.22. The second-order valence-corrected chi connectivity index (χ2v) is 5.01. The molecular weight excluding hydrogens is 248 g/mol. The summed E-state index contributed by atoms with van der Waals surface area (Å²) in [5.41, 5.74) is 4.15. The van der Waals surface area contributed by atoms with Crippen molar-refractivity contribution >= 4 is 5.91 Å². The second-order valence-electron chi connectivity index (χ2n) is 5.01. The van der Waals surface area contributed by atoms with Gasteiger partial charge in [-0.05, 0) is 37.1 Å². The number of carbonyl (C=O) groups is 1. The predicted molar refractivity (Wildman–Crippen MR) is 84.9 cm³/mol. The van der Waals surface area contributed by atoms with Crippen LogP contribution in [0.5, 0.6) is 0 Å². The first kappa shape index (κ1) is 16.3. The lowest BCUT2D eigenvalue weighted by atomic mass is 10.1. The molecule has 1 heterocycles. The number of hydrogen-bond acceptors (Lipinski definition) is 2. The Morgan fingerprint density at radius 3 is 2.35 bits per heavy atom. The molecule has 0 bridgehead atoms. The topological polar surface area (TPSA) is 23.6 Å². The third-order valence-electron chi connectivity index (χ3n) is 3.66. The second kappa shape index (κ2) is 7.13. The highest BCUT2D eigenvalue weighted by atomic mass is 16.2. The van der Waals surface area contributed by atoms with Crippen LogP contribution >= 0.6 is 0 Å². The van der Waals surface area contributed by atoms with E-state index in [1.54, 1.807) is 0 Å². The smallest absolute Gasteiger partial charge is 0.254 e. The molecule has 0 spiro atoms. The average molecular weight is 274 g/mol. The standard InChI is InChI=1S/C15H20N2O.C2H6/c1-11-5-6-14(9-12(11)2)15(18)17-8-7-16(4)13(3)10-17;1-2/h5-6,9H,3,7-8,10H2,1-2,4H3;1-2H3. The summed E-state index contributed by atoms with van der Waals surface area (Å²) >= 11 is 0. The van der Waals surface area contributed by atoms with Crippen molar-refractivity contribution in [3.05, 3.63) is 47.2 Å². The Kier molecular flexibility index (Phi) is 5.81. The average Bonchev–Trinajstić information content (AvgIpc) is 2.46. The van der Waals surface area contributed by atoms with Gasteiger partial charge in [0.15, 0.2) is 0 Å². The first-order valence-electron chi connectivity index (χ1n) is 7.24. The SMILES string of the molecule is C=C1CN(C(=O)c2ccc(C)c(C)c2)CCN1C.CC. The van der Waals surface area contributed by atoms with E-state index in [4.69, 9.17) is 0 Å². The van der Waals surface area contributed by atoms with Crippen molar-refractivity contribution in [3.8, 4) is 0 Å². The Bertz CT molecular complexity index is 494. The minimum atomic E-state index is 0.104. The first-order valence-corrected chi connectivity index (χ1v) is 7.24. The predicted octanol–water partition coefficient (Wildman–Crippen LogP) is 3.23. The van der Waals surface area contributed by atoms with E-state index in [9.17, 15) is 4.79 Å². The van der Waals surface area contributed by atoms with E-state index in [1.165, 1.54) is 5.56 Å². The van der Waals surface area contributed by atoms with Crippen molar-refractivity contribution in [1.29, 1.82) is 0 Å². The summed E-state index contributed by atoms with van der Waals surface area (Å²) in [6.45, 7) is 14.3. The van der Waals surface area contributed by atoms with E-state index < -0.39 is 0 Å². The van der Waals surface area contributed by atoms with Gasteiger partial charge in [0.1, 0.15) is 0 Å². The van der Waals surface area contributed by atoms with Crippen LogP contribution in [0.15, 0.2) is 30.5 Å². The molecule has 3 nitrogen and oxygen atoms in total. The number of aryl methyl sites for hydroxylation is 2. The Hall–Kier alpha value is -1.77. The van der Waals surface area contributed by atoms with Gasteiger partial charge in [0.2, 0.25) is 0 Å². The minimum Gasteiger partial charge on any atom is -0.375 e. The summed E-state index contributed by atoms with van der Waals surface area (Å²) in [5, 5.41) is 0. The van der Waals surface area contributed by atoms with Gasteiger partial charge >= 0.3 is 0 Å². The summed E-state index contributed by atoms with van der Waals surface area (Å²) in [4.78, 5) is 16.4. The van der Waals surface area contributed by atoms with Gasteiger partial charge in [-0.25, -0.2) is 0 Å². The number of amides is 1. The molecule has 1 amide bonds. The molecule has 0 N–H and O–H groups in total. The van der Waals surface area contributed by atoms with Crippen LogP contribution in [0.4, 0.5) is 0 Å². The lowest BCUT2D eigenvalue weighted by Crippen LogP contribution is -2.45. The first-order chi connectivity index (χ1) is 9.49. The Labute approximate surface area is 122 Å². The summed E-state index contributed by atoms with van der Waals surface area (Å²) < 4.78 is 0. The highest BCUT2D eigenvalue weighted by molar-refractivity contribution is 5.94. The molecule has 20 heavy (non-hydrogen) atoms. The largest absolute Gasteiger partial charge is 0.375 e. The maximum atomic E-state index is 12.4. The van der Waals surface area contributed by atoms with E-state index >= 15 is 0 Å². The number of hydrogen-bond donors (Lipinski definition) is 0. The van der Waals surface area contributed by atoms with Crippen LogP contribution in [0.2, 0.25) is 0 Å². The fourth-order valence-electron chi connectivity index (χ4n) is 2.08. The number of likely N-dealkylation sites (N-methyl/N-ethyl adjacent to an activating group) is 1. The molecule has 1 fully saturated rings. The summed E-state index contributed by atoms with van der Waals surface area (Å²) in [7, 11) is 2.01. The molecule has 0 aliphatic carbocycles. The molecule has 3 heteroatoms. The van der Waals surface area contributed by atoms with Crippen molar-refractivity contribution in [2.75, 3.05) is 26.7 Å². The normalized spacial score (nSPS) is 14.8. The van der Waals surface area contributed by atoms with Crippen LogP contribution < -0.4 is 0 Å². The fourth-order valence-corrected chi connectivity index (χ4v) is 2.08. The van der Waals surface area contributed by atoms with Gasteiger partial charge in [0.05, 0.1) is 6.54 Å². The number of benzene rings is 1. The zero-order valence-corrected chi connectivity index (χ0v) is 13.4. The molecule has 0 atom stereocenters. The molecular formula is C17H26N2O. The Morgan fingerprint density at radius 2 is 1.80 bits per heavy atom. The van der Waals surface area contributed by atoms with Crippen molar-refractivity contribution < 1.29 is 4.79 Å². The molecule has 1 saturated heterocycles. The minimum absolute atomic E-state index is 0.104. The maximum absolute atomic E-state index is 12.4. The summed E-state index contributed by atoms with van der Waals surface area (Å²) in [5.74, 6) is 0.104. The molecule has 110 valence electrons. The van der Waals surface area contributed by atoms with E-state index in [0.29, 0.717) is 6.54 Å². The third-order valence-corrected chi connectivity index (χ3v) is 3.66. The molecule has 0 unspecified atom stereocenters. The zero-order chi connectivity index (χ0) is 15.3. The summed E-state index contributed by atoms with van der Waals surface area (Å²) in [6.07, 6.45) is 0. The van der Waals surface area contributed by atoms with Gasteiger partial charge < -0.3 is 9.80 Å². The third kappa shape index (κ3) is 3.62. The van der Waals surface area contributed by atoms with Crippen molar-refractivity contribution in [3.63, 3.8) is 0 Å². The van der Waals surface area contributed by atoms with Gasteiger partial charge in [0, 0.05) is 31.4 Å². The van der Waals surface area contributed by atoms with E-state index in [1.807, 2.05) is 50.9 Å². The molecule has 1 aliphatic heterocycles.